The third-order valence-corrected chi connectivity index (χ3v) is 3.12. The Kier molecular flexibility index (Phi) is 3.68. The lowest BCUT2D eigenvalue weighted by Crippen LogP contribution is -2.24. The molecule has 1 rings (SSSR count). The highest BCUT2D eigenvalue weighted by Gasteiger charge is 2.30. The van der Waals surface area contributed by atoms with Crippen LogP contribution in [-0.4, -0.2) is 18.9 Å². The Morgan fingerprint density at radius 1 is 1.44 bits per heavy atom. The molecular weight excluding hydrogens is 204 g/mol. The van der Waals surface area contributed by atoms with Gasteiger partial charge < -0.3 is 4.74 Å². The minimum Gasteiger partial charge on any atom is -0.466 e. The van der Waals surface area contributed by atoms with E-state index in [1.807, 2.05) is 6.92 Å². The molecule has 0 atom stereocenters. The van der Waals surface area contributed by atoms with Gasteiger partial charge in [0.25, 0.3) is 0 Å². The van der Waals surface area contributed by atoms with Gasteiger partial charge in [-0.15, -0.1) is 0 Å². The molecule has 3 heteroatoms. The average Bonchev–Trinajstić information content (AvgIpc) is 2.23. The van der Waals surface area contributed by atoms with E-state index >= 15 is 0 Å². The molecule has 0 N–H and O–H groups in total. The molecule has 0 saturated heterocycles. The van der Waals surface area contributed by atoms with Crippen molar-refractivity contribution in [2.75, 3.05) is 7.11 Å². The number of ketones is 1. The van der Waals surface area contributed by atoms with Gasteiger partial charge in [-0.25, -0.2) is 4.79 Å². The standard InChI is InChI=1S/C13H18O3/c1-9-10(5-6-12(15)16-4)13(2,3)8-7-11(9)14/h5-6H,7-8H2,1-4H3. The number of carbonyl (C=O) groups excluding carboxylic acids is 2. The zero-order valence-corrected chi connectivity index (χ0v) is 10.3. The second-order valence-electron chi connectivity index (χ2n) is 4.70. The topological polar surface area (TPSA) is 43.4 Å². The summed E-state index contributed by atoms with van der Waals surface area (Å²) in [6, 6.07) is 0. The van der Waals surface area contributed by atoms with E-state index in [0.29, 0.717) is 6.42 Å². The van der Waals surface area contributed by atoms with Crippen LogP contribution in [0, 0.1) is 5.41 Å². The minimum atomic E-state index is -0.394. The van der Waals surface area contributed by atoms with Crippen molar-refractivity contribution in [1.82, 2.24) is 0 Å². The molecule has 3 nitrogen and oxygen atoms in total. The van der Waals surface area contributed by atoms with Crippen LogP contribution in [0.5, 0.6) is 0 Å². The highest BCUT2D eigenvalue weighted by atomic mass is 16.5. The monoisotopic (exact) mass is 222 g/mol. The van der Waals surface area contributed by atoms with Gasteiger partial charge in [0.1, 0.15) is 0 Å². The number of Topliss-reactive ketones (excluding diaryl/α,β-unsaturated/α-hetero) is 1. The number of allylic oxidation sites excluding steroid dienone is 3. The zero-order valence-electron chi connectivity index (χ0n) is 10.3. The van der Waals surface area contributed by atoms with Crippen LogP contribution in [0.4, 0.5) is 0 Å². The Balaban J connectivity index is 3.05. The smallest absolute Gasteiger partial charge is 0.330 e. The van der Waals surface area contributed by atoms with Crippen LogP contribution in [0.15, 0.2) is 23.3 Å². The summed E-state index contributed by atoms with van der Waals surface area (Å²) in [6.07, 6.45) is 4.50. The molecule has 0 radical (unpaired) electrons. The van der Waals surface area contributed by atoms with Gasteiger partial charge in [-0.2, -0.15) is 0 Å². The van der Waals surface area contributed by atoms with E-state index in [0.717, 1.165) is 17.6 Å². The third-order valence-electron chi connectivity index (χ3n) is 3.12. The lowest BCUT2D eigenvalue weighted by molar-refractivity contribution is -0.134. The summed E-state index contributed by atoms with van der Waals surface area (Å²) in [5.41, 5.74) is 1.65. The van der Waals surface area contributed by atoms with E-state index in [1.54, 1.807) is 6.08 Å². The molecule has 1 aliphatic carbocycles. The summed E-state index contributed by atoms with van der Waals surface area (Å²) >= 11 is 0. The Morgan fingerprint density at radius 3 is 2.62 bits per heavy atom. The molecule has 0 unspecified atom stereocenters. The zero-order chi connectivity index (χ0) is 12.3. The summed E-state index contributed by atoms with van der Waals surface area (Å²) < 4.78 is 4.54. The molecular formula is C13H18O3. The van der Waals surface area contributed by atoms with Crippen molar-refractivity contribution in [2.24, 2.45) is 5.41 Å². The number of ether oxygens (including phenoxy) is 1. The van der Waals surface area contributed by atoms with Gasteiger partial charge in [0.15, 0.2) is 5.78 Å². The first-order valence-corrected chi connectivity index (χ1v) is 5.39. The van der Waals surface area contributed by atoms with Crippen LogP contribution in [0.3, 0.4) is 0 Å². The van der Waals surface area contributed by atoms with E-state index in [4.69, 9.17) is 0 Å². The maximum atomic E-state index is 11.6. The highest BCUT2D eigenvalue weighted by molar-refractivity contribution is 5.97. The third kappa shape index (κ3) is 2.60. The Labute approximate surface area is 96.2 Å². The van der Waals surface area contributed by atoms with Crippen molar-refractivity contribution < 1.29 is 14.3 Å². The van der Waals surface area contributed by atoms with Crippen LogP contribution in [0.1, 0.15) is 33.6 Å². The summed E-state index contributed by atoms with van der Waals surface area (Å²) in [5, 5.41) is 0. The maximum Gasteiger partial charge on any atom is 0.330 e. The summed E-state index contributed by atoms with van der Waals surface area (Å²) in [6.45, 7) is 5.99. The fourth-order valence-corrected chi connectivity index (χ4v) is 1.98. The van der Waals surface area contributed by atoms with Crippen molar-refractivity contribution in [3.63, 3.8) is 0 Å². The second-order valence-corrected chi connectivity index (χ2v) is 4.70. The van der Waals surface area contributed by atoms with Gasteiger partial charge in [0, 0.05) is 12.5 Å². The number of methoxy groups -OCH3 is 1. The fourth-order valence-electron chi connectivity index (χ4n) is 1.98. The van der Waals surface area contributed by atoms with Gasteiger partial charge in [0.2, 0.25) is 0 Å². The lowest BCUT2D eigenvalue weighted by Gasteiger charge is -2.31. The highest BCUT2D eigenvalue weighted by Crippen LogP contribution is 2.39. The molecule has 0 aromatic heterocycles. The van der Waals surface area contributed by atoms with Crippen molar-refractivity contribution in [3.05, 3.63) is 23.3 Å². The van der Waals surface area contributed by atoms with Crippen molar-refractivity contribution in [2.45, 2.75) is 33.6 Å². The molecule has 0 aliphatic heterocycles. The Morgan fingerprint density at radius 2 is 2.06 bits per heavy atom. The maximum absolute atomic E-state index is 11.6. The summed E-state index contributed by atoms with van der Waals surface area (Å²) in [5.74, 6) is -0.224. The number of hydrogen-bond donors (Lipinski definition) is 0. The number of esters is 1. The van der Waals surface area contributed by atoms with E-state index in [9.17, 15) is 9.59 Å². The molecule has 88 valence electrons. The van der Waals surface area contributed by atoms with Gasteiger partial charge in [0.05, 0.1) is 7.11 Å². The minimum absolute atomic E-state index is 0.0531. The molecule has 1 aliphatic rings. The molecule has 0 heterocycles. The van der Waals surface area contributed by atoms with Gasteiger partial charge in [-0.3, -0.25) is 4.79 Å². The van der Waals surface area contributed by atoms with E-state index in [2.05, 4.69) is 18.6 Å². The van der Waals surface area contributed by atoms with Gasteiger partial charge in [-0.1, -0.05) is 19.9 Å². The molecule has 0 amide bonds. The molecule has 0 spiro atoms. The second kappa shape index (κ2) is 4.64. The van der Waals surface area contributed by atoms with Crippen LogP contribution in [-0.2, 0) is 14.3 Å². The SMILES string of the molecule is COC(=O)C=CC1=C(C)C(=O)CCC1(C)C. The first-order chi connectivity index (χ1) is 7.38. The molecule has 0 aromatic carbocycles. The average molecular weight is 222 g/mol. The Hall–Kier alpha value is -1.38. The number of rotatable bonds is 2. The number of hydrogen-bond acceptors (Lipinski definition) is 3. The van der Waals surface area contributed by atoms with Crippen molar-refractivity contribution >= 4 is 11.8 Å². The van der Waals surface area contributed by atoms with Crippen LogP contribution < -0.4 is 0 Å². The summed E-state index contributed by atoms with van der Waals surface area (Å²) in [7, 11) is 1.34. The lowest BCUT2D eigenvalue weighted by atomic mass is 9.72. The van der Waals surface area contributed by atoms with Gasteiger partial charge >= 0.3 is 5.97 Å². The predicted molar refractivity (Wildman–Crippen MR) is 61.9 cm³/mol. The fraction of sp³-hybridized carbons (Fsp3) is 0.538. The largest absolute Gasteiger partial charge is 0.466 e. The van der Waals surface area contributed by atoms with E-state index < -0.39 is 5.97 Å². The van der Waals surface area contributed by atoms with Crippen LogP contribution >= 0.6 is 0 Å². The van der Waals surface area contributed by atoms with E-state index in [-0.39, 0.29) is 11.2 Å². The Bertz CT molecular complexity index is 373. The quantitative estimate of drug-likeness (QED) is 0.532. The van der Waals surface area contributed by atoms with Gasteiger partial charge in [-0.05, 0) is 29.9 Å². The first kappa shape index (κ1) is 12.7. The van der Waals surface area contributed by atoms with Crippen LogP contribution in [0.25, 0.3) is 0 Å². The van der Waals surface area contributed by atoms with E-state index in [1.165, 1.54) is 13.2 Å². The first-order valence-electron chi connectivity index (χ1n) is 5.39. The molecule has 0 fully saturated rings. The van der Waals surface area contributed by atoms with Crippen molar-refractivity contribution in [3.8, 4) is 0 Å². The summed E-state index contributed by atoms with van der Waals surface area (Å²) in [4.78, 5) is 22.6. The normalized spacial score (nSPS) is 20.4. The van der Waals surface area contributed by atoms with Crippen molar-refractivity contribution in [1.29, 1.82) is 0 Å². The number of carbonyl (C=O) groups is 2. The molecule has 0 saturated carbocycles. The van der Waals surface area contributed by atoms with Crippen LogP contribution in [0.2, 0.25) is 0 Å². The molecule has 16 heavy (non-hydrogen) atoms. The molecule has 0 aromatic rings. The predicted octanol–water partition coefficient (Wildman–Crippen LogP) is 2.42. The molecule has 0 bridgehead atoms.